The van der Waals surface area contributed by atoms with Crippen LogP contribution in [0.1, 0.15) is 21.6 Å². The first-order valence-electron chi connectivity index (χ1n) is 11.4. The molecule has 2 aliphatic heterocycles. The molecule has 198 valence electrons. The Morgan fingerprint density at radius 2 is 1.82 bits per heavy atom. The molecule has 0 unspecified atom stereocenters. The number of benzene rings is 2. The maximum Gasteiger partial charge on any atom is 0.436 e. The van der Waals surface area contributed by atoms with E-state index in [0.717, 1.165) is 7.11 Å². The van der Waals surface area contributed by atoms with Gasteiger partial charge in [-0.2, -0.15) is 22.5 Å². The summed E-state index contributed by atoms with van der Waals surface area (Å²) >= 11 is 1.24. The lowest BCUT2D eigenvalue weighted by atomic mass is 9.81. The number of carbonyl (C=O) groups is 1. The summed E-state index contributed by atoms with van der Waals surface area (Å²) in [5, 5.41) is 3.00. The molecule has 1 N–H and O–H groups in total. The highest BCUT2D eigenvalue weighted by Crippen LogP contribution is 2.47. The number of fused-ring (bicyclic) bond motifs is 1. The van der Waals surface area contributed by atoms with Crippen LogP contribution in [0.15, 0.2) is 59.6 Å². The third-order valence-corrected chi connectivity index (χ3v) is 7.46. The number of amidine groups is 1. The second-order valence-electron chi connectivity index (χ2n) is 8.72. The molecule has 0 saturated carbocycles. The topological polar surface area (TPSA) is 79.7 Å². The molecule has 7 nitrogen and oxygen atoms in total. The smallest absolute Gasteiger partial charge is 0.436 e. The van der Waals surface area contributed by atoms with Crippen LogP contribution < -0.4 is 15.0 Å². The molecule has 0 bridgehead atoms. The van der Waals surface area contributed by atoms with Crippen molar-refractivity contribution in [1.29, 1.82) is 0 Å². The Bertz CT molecular complexity index is 1400. The Morgan fingerprint density at radius 1 is 1.11 bits per heavy atom. The molecular weight excluding hydrogens is 529 g/mol. The molecule has 2 atom stereocenters. The van der Waals surface area contributed by atoms with E-state index in [1.54, 1.807) is 42.5 Å². The Hall–Kier alpha value is -3.74. The van der Waals surface area contributed by atoms with Crippen molar-refractivity contribution in [1.82, 2.24) is 15.3 Å². The first-order valence-corrected chi connectivity index (χ1v) is 12.4. The number of carbonyl (C=O) groups excluding carboxylic acids is 1. The van der Waals surface area contributed by atoms with Gasteiger partial charge in [-0.25, -0.2) is 14.4 Å². The van der Waals surface area contributed by atoms with Crippen LogP contribution >= 0.6 is 11.8 Å². The van der Waals surface area contributed by atoms with Crippen molar-refractivity contribution in [2.24, 2.45) is 10.9 Å². The van der Waals surface area contributed by atoms with Gasteiger partial charge in [0.15, 0.2) is 10.9 Å². The van der Waals surface area contributed by atoms with Crippen molar-refractivity contribution in [2.75, 3.05) is 30.9 Å². The van der Waals surface area contributed by atoms with Crippen LogP contribution in [-0.4, -0.2) is 47.0 Å². The quantitative estimate of drug-likeness (QED) is 0.478. The summed E-state index contributed by atoms with van der Waals surface area (Å²) < 4.78 is 74.8. The van der Waals surface area contributed by atoms with Crippen LogP contribution in [-0.2, 0) is 11.7 Å². The molecule has 0 radical (unpaired) electrons. The number of anilines is 1. The van der Waals surface area contributed by atoms with Crippen molar-refractivity contribution in [3.05, 3.63) is 83.1 Å². The average molecular weight is 550 g/mol. The number of aliphatic imine (C=N–C) groups is 1. The SMILES string of the molecule is COc1nc(N2C[C@H]3CSC(NC(=O)c4ccccc4)=N[C@@]3(c3ccccc3F)C2)nc(C(F)(F)F)c1F. The number of hydrogen-bond acceptors (Lipinski definition) is 7. The van der Waals surface area contributed by atoms with Crippen LogP contribution in [0, 0.1) is 17.6 Å². The highest BCUT2D eigenvalue weighted by molar-refractivity contribution is 8.13. The molecule has 3 heterocycles. The number of halogens is 5. The zero-order chi connectivity index (χ0) is 27.1. The van der Waals surface area contributed by atoms with E-state index in [1.165, 1.54) is 28.8 Å². The molecule has 1 saturated heterocycles. The van der Waals surface area contributed by atoms with E-state index in [0.29, 0.717) is 11.3 Å². The standard InChI is InChI=1S/C25H20F5N5O2S/c1-37-21-18(27)19(25(28,29)30)31-22(33-21)35-11-15-12-38-23(32-20(36)14-7-3-2-4-8-14)34-24(15,13-35)16-9-5-6-10-17(16)26/h2-10,15H,11-13H2,1H3,(H,32,34,36)/t15-,24-/m0/s1. The van der Waals surface area contributed by atoms with Crippen molar-refractivity contribution in [3.8, 4) is 5.88 Å². The molecule has 0 aliphatic carbocycles. The van der Waals surface area contributed by atoms with Gasteiger partial charge in [-0.1, -0.05) is 48.2 Å². The average Bonchev–Trinajstić information content (AvgIpc) is 3.28. The summed E-state index contributed by atoms with van der Waals surface area (Å²) in [6.07, 6.45) is -5.09. The maximum atomic E-state index is 15.2. The molecule has 1 amide bonds. The van der Waals surface area contributed by atoms with E-state index in [4.69, 9.17) is 9.73 Å². The summed E-state index contributed by atoms with van der Waals surface area (Å²) in [6.45, 7) is -0.00716. The lowest BCUT2D eigenvalue weighted by Crippen LogP contribution is -2.43. The van der Waals surface area contributed by atoms with Crippen molar-refractivity contribution in [2.45, 2.75) is 11.7 Å². The van der Waals surface area contributed by atoms with Crippen LogP contribution in [0.4, 0.5) is 27.9 Å². The second kappa shape index (κ2) is 9.86. The van der Waals surface area contributed by atoms with Gasteiger partial charge >= 0.3 is 6.18 Å². The van der Waals surface area contributed by atoms with Gasteiger partial charge in [0, 0.05) is 29.3 Å². The summed E-state index contributed by atoms with van der Waals surface area (Å²) in [4.78, 5) is 26.3. The zero-order valence-corrected chi connectivity index (χ0v) is 20.6. The number of nitrogens with zero attached hydrogens (tertiary/aromatic N) is 4. The summed E-state index contributed by atoms with van der Waals surface area (Å²) in [5.41, 5.74) is -2.43. The van der Waals surface area contributed by atoms with Gasteiger partial charge < -0.3 is 15.0 Å². The molecule has 1 aromatic heterocycles. The van der Waals surface area contributed by atoms with Crippen molar-refractivity contribution >= 4 is 28.8 Å². The molecule has 2 aliphatic rings. The monoisotopic (exact) mass is 549 g/mol. The predicted molar refractivity (Wildman–Crippen MR) is 131 cm³/mol. The molecule has 38 heavy (non-hydrogen) atoms. The fourth-order valence-corrected chi connectivity index (χ4v) is 5.78. The van der Waals surface area contributed by atoms with Gasteiger partial charge in [0.25, 0.3) is 11.8 Å². The van der Waals surface area contributed by atoms with Crippen molar-refractivity contribution < 1.29 is 31.5 Å². The molecule has 5 rings (SSSR count). The van der Waals surface area contributed by atoms with E-state index in [-0.39, 0.29) is 23.8 Å². The lowest BCUT2D eigenvalue weighted by Gasteiger charge is -2.35. The number of aromatic nitrogens is 2. The number of ether oxygens (including phenoxy) is 1. The molecule has 13 heteroatoms. The Morgan fingerprint density at radius 3 is 2.50 bits per heavy atom. The highest BCUT2D eigenvalue weighted by atomic mass is 32.2. The normalized spacial score (nSPS) is 21.1. The van der Waals surface area contributed by atoms with Crippen LogP contribution in [0.25, 0.3) is 0 Å². The number of hydrogen-bond donors (Lipinski definition) is 1. The van der Waals surface area contributed by atoms with Gasteiger partial charge in [0.1, 0.15) is 11.4 Å². The Kier molecular flexibility index (Phi) is 6.72. The van der Waals surface area contributed by atoms with E-state index < -0.39 is 52.7 Å². The summed E-state index contributed by atoms with van der Waals surface area (Å²) in [6, 6.07) is 14.4. The van der Waals surface area contributed by atoms with E-state index in [1.807, 2.05) is 0 Å². The van der Waals surface area contributed by atoms with E-state index in [9.17, 15) is 22.4 Å². The predicted octanol–water partition coefficient (Wildman–Crippen LogP) is 4.65. The molecule has 2 aromatic carbocycles. The lowest BCUT2D eigenvalue weighted by molar-refractivity contribution is -0.144. The van der Waals surface area contributed by atoms with Gasteiger partial charge in [-0.15, -0.1) is 0 Å². The van der Waals surface area contributed by atoms with Gasteiger partial charge in [0.05, 0.1) is 13.7 Å². The first-order chi connectivity index (χ1) is 18.1. The third kappa shape index (κ3) is 4.66. The molecule has 1 fully saturated rings. The minimum atomic E-state index is -5.09. The Balaban J connectivity index is 1.56. The molecular formula is C25H20F5N5O2S. The molecule has 0 spiro atoms. The fourth-order valence-electron chi connectivity index (χ4n) is 4.64. The number of amides is 1. The van der Waals surface area contributed by atoms with Crippen LogP contribution in [0.3, 0.4) is 0 Å². The summed E-state index contributed by atoms with van der Waals surface area (Å²) in [7, 11) is 1.00. The number of rotatable bonds is 4. The van der Waals surface area contributed by atoms with Crippen molar-refractivity contribution in [3.63, 3.8) is 0 Å². The minimum Gasteiger partial charge on any atom is -0.479 e. The number of nitrogens with one attached hydrogen (secondary N) is 1. The zero-order valence-electron chi connectivity index (χ0n) is 19.8. The Labute approximate surface area is 218 Å². The van der Waals surface area contributed by atoms with Gasteiger partial charge in [-0.3, -0.25) is 4.79 Å². The van der Waals surface area contributed by atoms with Gasteiger partial charge in [-0.05, 0) is 18.2 Å². The third-order valence-electron chi connectivity index (χ3n) is 6.42. The highest BCUT2D eigenvalue weighted by Gasteiger charge is 2.53. The molecule has 3 aromatic rings. The summed E-state index contributed by atoms with van der Waals surface area (Å²) in [5.74, 6) is -3.99. The number of methoxy groups -OCH3 is 1. The fraction of sp³-hybridized carbons (Fsp3) is 0.280. The van der Waals surface area contributed by atoms with E-state index in [2.05, 4.69) is 15.3 Å². The van der Waals surface area contributed by atoms with E-state index >= 15 is 4.39 Å². The van der Waals surface area contributed by atoms with Crippen LogP contribution in [0.5, 0.6) is 5.88 Å². The number of thioether (sulfide) groups is 1. The largest absolute Gasteiger partial charge is 0.479 e. The minimum absolute atomic E-state index is 0.108. The number of alkyl halides is 3. The maximum absolute atomic E-state index is 15.2. The first kappa shape index (κ1) is 25.9. The van der Waals surface area contributed by atoms with Crippen LogP contribution in [0.2, 0.25) is 0 Å². The van der Waals surface area contributed by atoms with Gasteiger partial charge in [0.2, 0.25) is 11.8 Å². The second-order valence-corrected chi connectivity index (χ2v) is 9.73.